The van der Waals surface area contributed by atoms with Crippen molar-refractivity contribution in [1.82, 2.24) is 10.2 Å². The van der Waals surface area contributed by atoms with Crippen molar-refractivity contribution in [1.29, 1.82) is 0 Å². The van der Waals surface area contributed by atoms with Gasteiger partial charge in [-0.05, 0) is 37.1 Å². The summed E-state index contributed by atoms with van der Waals surface area (Å²) in [5, 5.41) is 3.06. The van der Waals surface area contributed by atoms with Gasteiger partial charge in [0, 0.05) is 30.3 Å². The molecule has 2 aromatic rings. The number of carbonyl (C=O) groups excluding carboxylic acids is 2. The van der Waals surface area contributed by atoms with Crippen molar-refractivity contribution in [3.8, 4) is 0 Å². The molecule has 3 rings (SSSR count). The van der Waals surface area contributed by atoms with Crippen LogP contribution in [0.15, 0.2) is 60.7 Å². The van der Waals surface area contributed by atoms with Crippen LogP contribution in [0, 0.1) is 0 Å². The minimum atomic E-state index is -0.0431. The molecule has 0 aliphatic carbocycles. The first kappa shape index (κ1) is 15.3. The molecule has 1 saturated heterocycles. The monoisotopic (exact) mass is 308 g/mol. The van der Waals surface area contributed by atoms with Gasteiger partial charge in [-0.1, -0.05) is 36.4 Å². The van der Waals surface area contributed by atoms with Gasteiger partial charge in [-0.2, -0.15) is 0 Å². The lowest BCUT2D eigenvalue weighted by Gasteiger charge is -2.32. The maximum Gasteiger partial charge on any atom is 0.253 e. The number of hydrogen-bond donors (Lipinski definition) is 1. The highest BCUT2D eigenvalue weighted by Gasteiger charge is 2.24. The normalized spacial score (nSPS) is 15.2. The number of hydrogen-bond acceptors (Lipinski definition) is 2. The molecule has 0 saturated carbocycles. The first-order valence-electron chi connectivity index (χ1n) is 7.94. The number of carbonyl (C=O) groups is 2. The van der Waals surface area contributed by atoms with Gasteiger partial charge in [0.1, 0.15) is 0 Å². The Kier molecular flexibility index (Phi) is 4.71. The maximum absolute atomic E-state index is 12.4. The second-order valence-corrected chi connectivity index (χ2v) is 5.77. The van der Waals surface area contributed by atoms with Gasteiger partial charge < -0.3 is 10.2 Å². The van der Waals surface area contributed by atoms with Crippen LogP contribution in [0.5, 0.6) is 0 Å². The van der Waals surface area contributed by atoms with E-state index in [1.54, 1.807) is 0 Å². The highest BCUT2D eigenvalue weighted by Crippen LogP contribution is 2.14. The first-order valence-corrected chi connectivity index (χ1v) is 7.94. The van der Waals surface area contributed by atoms with Crippen molar-refractivity contribution in [2.45, 2.75) is 18.9 Å². The SMILES string of the molecule is O=C(NC1CCN(C(=O)c2ccccc2)CC1)c1ccccc1. The molecule has 0 bridgehead atoms. The lowest BCUT2D eigenvalue weighted by atomic mass is 10.0. The van der Waals surface area contributed by atoms with Crippen molar-refractivity contribution in [2.75, 3.05) is 13.1 Å². The molecule has 1 N–H and O–H groups in total. The van der Waals surface area contributed by atoms with Crippen LogP contribution < -0.4 is 5.32 Å². The van der Waals surface area contributed by atoms with E-state index in [0.29, 0.717) is 18.7 Å². The zero-order valence-electron chi connectivity index (χ0n) is 12.9. The Hall–Kier alpha value is -2.62. The standard InChI is InChI=1S/C19H20N2O2/c22-18(15-7-3-1-4-8-15)20-17-11-13-21(14-12-17)19(23)16-9-5-2-6-10-16/h1-10,17H,11-14H2,(H,20,22). The topological polar surface area (TPSA) is 49.4 Å². The molecule has 0 aromatic heterocycles. The molecule has 23 heavy (non-hydrogen) atoms. The summed E-state index contributed by atoms with van der Waals surface area (Å²) in [5.41, 5.74) is 1.40. The van der Waals surface area contributed by atoms with Crippen LogP contribution in [-0.2, 0) is 0 Å². The van der Waals surface area contributed by atoms with Crippen molar-refractivity contribution < 1.29 is 9.59 Å². The summed E-state index contributed by atoms with van der Waals surface area (Å²) in [5.74, 6) is 0.0249. The van der Waals surface area contributed by atoms with E-state index in [-0.39, 0.29) is 17.9 Å². The van der Waals surface area contributed by atoms with Crippen LogP contribution >= 0.6 is 0 Å². The minimum Gasteiger partial charge on any atom is -0.349 e. The van der Waals surface area contributed by atoms with Gasteiger partial charge in [0.05, 0.1) is 0 Å². The Labute approximate surface area is 136 Å². The highest BCUT2D eigenvalue weighted by molar-refractivity contribution is 5.95. The summed E-state index contributed by atoms with van der Waals surface area (Å²) in [7, 11) is 0. The molecule has 1 aliphatic rings. The first-order chi connectivity index (χ1) is 11.2. The van der Waals surface area contributed by atoms with E-state index in [9.17, 15) is 9.59 Å². The summed E-state index contributed by atoms with van der Waals surface area (Å²) >= 11 is 0. The molecule has 1 aliphatic heterocycles. The molecule has 1 fully saturated rings. The largest absolute Gasteiger partial charge is 0.349 e. The number of rotatable bonds is 3. The third-order valence-corrected chi connectivity index (χ3v) is 4.17. The van der Waals surface area contributed by atoms with Gasteiger partial charge in [-0.15, -0.1) is 0 Å². The maximum atomic E-state index is 12.4. The zero-order valence-corrected chi connectivity index (χ0v) is 12.9. The van der Waals surface area contributed by atoms with E-state index in [4.69, 9.17) is 0 Å². The van der Waals surface area contributed by atoms with E-state index in [1.165, 1.54) is 0 Å². The highest BCUT2D eigenvalue weighted by atomic mass is 16.2. The van der Waals surface area contributed by atoms with Gasteiger partial charge in [-0.3, -0.25) is 9.59 Å². The second-order valence-electron chi connectivity index (χ2n) is 5.77. The molecule has 4 heteroatoms. The molecule has 2 aromatic carbocycles. The third kappa shape index (κ3) is 3.77. The van der Waals surface area contributed by atoms with Crippen molar-refractivity contribution >= 4 is 11.8 Å². The number of nitrogens with zero attached hydrogens (tertiary/aromatic N) is 1. The number of nitrogens with one attached hydrogen (secondary N) is 1. The zero-order chi connectivity index (χ0) is 16.1. The molecule has 0 unspecified atom stereocenters. The molecule has 118 valence electrons. The van der Waals surface area contributed by atoms with Gasteiger partial charge in [0.2, 0.25) is 0 Å². The average Bonchev–Trinajstić information content (AvgIpc) is 2.63. The lowest BCUT2D eigenvalue weighted by Crippen LogP contribution is -2.46. The second kappa shape index (κ2) is 7.09. The summed E-state index contributed by atoms with van der Waals surface area (Å²) in [6.07, 6.45) is 1.58. The van der Waals surface area contributed by atoms with Crippen LogP contribution in [0.2, 0.25) is 0 Å². The molecule has 1 heterocycles. The Morgan fingerprint density at radius 2 is 1.35 bits per heavy atom. The third-order valence-electron chi connectivity index (χ3n) is 4.17. The Morgan fingerprint density at radius 1 is 0.826 bits per heavy atom. The fraction of sp³-hybridized carbons (Fsp3) is 0.263. The van der Waals surface area contributed by atoms with E-state index in [2.05, 4.69) is 5.32 Å². The van der Waals surface area contributed by atoms with Gasteiger partial charge in [0.25, 0.3) is 11.8 Å². The number of piperidine rings is 1. The Bertz CT molecular complexity index is 662. The van der Waals surface area contributed by atoms with E-state index < -0.39 is 0 Å². The summed E-state index contributed by atoms with van der Waals surface area (Å²) in [4.78, 5) is 26.4. The van der Waals surface area contributed by atoms with E-state index in [0.717, 1.165) is 18.4 Å². The number of amides is 2. The summed E-state index contributed by atoms with van der Waals surface area (Å²) in [6.45, 7) is 1.35. The Balaban J connectivity index is 1.53. The quantitative estimate of drug-likeness (QED) is 0.948. The molecule has 4 nitrogen and oxygen atoms in total. The fourth-order valence-corrected chi connectivity index (χ4v) is 2.85. The predicted molar refractivity (Wildman–Crippen MR) is 89.3 cm³/mol. The van der Waals surface area contributed by atoms with E-state index in [1.807, 2.05) is 65.6 Å². The molecular formula is C19H20N2O2. The van der Waals surface area contributed by atoms with Crippen molar-refractivity contribution in [3.05, 3.63) is 71.8 Å². The smallest absolute Gasteiger partial charge is 0.253 e. The lowest BCUT2D eigenvalue weighted by molar-refractivity contribution is 0.0698. The predicted octanol–water partition coefficient (Wildman–Crippen LogP) is 2.72. The van der Waals surface area contributed by atoms with Crippen LogP contribution in [0.4, 0.5) is 0 Å². The molecular weight excluding hydrogens is 288 g/mol. The molecule has 0 atom stereocenters. The van der Waals surface area contributed by atoms with Gasteiger partial charge in [-0.25, -0.2) is 0 Å². The Morgan fingerprint density at radius 3 is 1.91 bits per heavy atom. The molecule has 0 radical (unpaired) electrons. The fourth-order valence-electron chi connectivity index (χ4n) is 2.85. The van der Waals surface area contributed by atoms with Crippen molar-refractivity contribution in [3.63, 3.8) is 0 Å². The minimum absolute atomic E-state index is 0.0431. The number of likely N-dealkylation sites (tertiary alicyclic amines) is 1. The van der Waals surface area contributed by atoms with Crippen LogP contribution in [-0.4, -0.2) is 35.8 Å². The molecule has 0 spiro atoms. The van der Waals surface area contributed by atoms with Crippen LogP contribution in [0.3, 0.4) is 0 Å². The summed E-state index contributed by atoms with van der Waals surface area (Å²) in [6, 6.07) is 18.7. The number of benzene rings is 2. The van der Waals surface area contributed by atoms with E-state index >= 15 is 0 Å². The molecule has 2 amide bonds. The average molecular weight is 308 g/mol. The summed E-state index contributed by atoms with van der Waals surface area (Å²) < 4.78 is 0. The van der Waals surface area contributed by atoms with Crippen molar-refractivity contribution in [2.24, 2.45) is 0 Å². The van der Waals surface area contributed by atoms with Gasteiger partial charge >= 0.3 is 0 Å². The van der Waals surface area contributed by atoms with Gasteiger partial charge in [0.15, 0.2) is 0 Å². The van der Waals surface area contributed by atoms with Crippen LogP contribution in [0.1, 0.15) is 33.6 Å². The van der Waals surface area contributed by atoms with Crippen LogP contribution in [0.25, 0.3) is 0 Å².